The quantitative estimate of drug-likeness (QED) is 0.665. The molecule has 0 atom stereocenters. The van der Waals surface area contributed by atoms with Crippen LogP contribution in [-0.2, 0) is 29.4 Å². The number of rotatable bonds is 7. The molecule has 1 radical (unpaired) electrons. The van der Waals surface area contributed by atoms with Crippen LogP contribution < -0.4 is 0 Å². The van der Waals surface area contributed by atoms with Gasteiger partial charge >= 0.3 is 6.47 Å². The van der Waals surface area contributed by atoms with Crippen LogP contribution in [0.3, 0.4) is 0 Å². The number of sulfone groups is 1. The molecule has 0 spiro atoms. The summed E-state index contributed by atoms with van der Waals surface area (Å²) in [5.41, 5.74) is 0. The Balaban J connectivity index is 2.17. The fraction of sp³-hybridized carbons (Fsp3) is 0.500. The average molecular weight is 360 g/mol. The molecule has 0 aromatic heterocycles. The summed E-state index contributed by atoms with van der Waals surface area (Å²) in [5, 5.41) is 0. The molecule has 1 heterocycles. The largest absolute Gasteiger partial charge is 0.456 e. The molecule has 0 unspecified atom stereocenters. The summed E-state index contributed by atoms with van der Waals surface area (Å²) >= 11 is 0. The van der Waals surface area contributed by atoms with E-state index in [9.17, 15) is 21.6 Å². The zero-order chi connectivity index (χ0) is 16.9. The van der Waals surface area contributed by atoms with E-state index in [0.717, 1.165) is 25.7 Å². The van der Waals surface area contributed by atoms with Gasteiger partial charge in [0, 0.05) is 13.1 Å². The van der Waals surface area contributed by atoms with Gasteiger partial charge in [-0.25, -0.2) is 21.6 Å². The molecule has 0 bridgehead atoms. The van der Waals surface area contributed by atoms with Crippen LogP contribution in [0.4, 0.5) is 0 Å². The molecule has 23 heavy (non-hydrogen) atoms. The third kappa shape index (κ3) is 4.30. The van der Waals surface area contributed by atoms with Gasteiger partial charge in [-0.2, -0.15) is 4.31 Å². The van der Waals surface area contributed by atoms with Crippen molar-refractivity contribution in [3.8, 4) is 0 Å². The summed E-state index contributed by atoms with van der Waals surface area (Å²) in [4.78, 5) is 9.99. The third-order valence-electron chi connectivity index (χ3n) is 3.65. The summed E-state index contributed by atoms with van der Waals surface area (Å²) < 4.78 is 54.6. The monoisotopic (exact) mass is 360 g/mol. The van der Waals surface area contributed by atoms with Crippen LogP contribution in [0.5, 0.6) is 0 Å². The highest BCUT2D eigenvalue weighted by molar-refractivity contribution is 7.91. The first-order valence-electron chi connectivity index (χ1n) is 7.20. The second-order valence-corrected chi connectivity index (χ2v) is 9.23. The van der Waals surface area contributed by atoms with Gasteiger partial charge in [0.1, 0.15) is 6.61 Å². The SMILES string of the molecule is O=[C]OCCS(=O)(=O)c1ccc(S(=O)(=O)N2CCCCC2)cc1. The van der Waals surface area contributed by atoms with Crippen LogP contribution in [0.25, 0.3) is 0 Å². The van der Waals surface area contributed by atoms with Gasteiger partial charge < -0.3 is 4.74 Å². The van der Waals surface area contributed by atoms with E-state index >= 15 is 0 Å². The molecule has 9 heteroatoms. The summed E-state index contributed by atoms with van der Waals surface area (Å²) in [6.07, 6.45) is 2.68. The second-order valence-electron chi connectivity index (χ2n) is 5.19. The molecule has 1 fully saturated rings. The third-order valence-corrected chi connectivity index (χ3v) is 7.26. The smallest absolute Gasteiger partial charge is 0.417 e. The Kier molecular flexibility index (Phi) is 5.77. The standard InChI is InChI=1S/C14H18NO6S2/c16-12-21-10-11-22(17,18)13-4-6-14(7-5-13)23(19,20)15-8-2-1-3-9-15/h4-7H,1-3,8-11H2. The van der Waals surface area contributed by atoms with Crippen LogP contribution in [0.2, 0.25) is 0 Å². The maximum atomic E-state index is 12.5. The Morgan fingerprint density at radius 3 is 2.09 bits per heavy atom. The van der Waals surface area contributed by atoms with Crippen LogP contribution in [0.1, 0.15) is 19.3 Å². The van der Waals surface area contributed by atoms with Gasteiger partial charge in [-0.15, -0.1) is 0 Å². The van der Waals surface area contributed by atoms with Crippen molar-refractivity contribution in [3.05, 3.63) is 24.3 Å². The van der Waals surface area contributed by atoms with E-state index < -0.39 is 19.9 Å². The van der Waals surface area contributed by atoms with E-state index in [1.165, 1.54) is 28.6 Å². The molecular formula is C14H18NO6S2. The van der Waals surface area contributed by atoms with Crippen LogP contribution in [-0.4, -0.2) is 53.1 Å². The van der Waals surface area contributed by atoms with E-state index in [1.54, 1.807) is 0 Å². The van der Waals surface area contributed by atoms with Gasteiger partial charge in [-0.1, -0.05) is 6.42 Å². The predicted octanol–water partition coefficient (Wildman–Crippen LogP) is 0.719. The van der Waals surface area contributed by atoms with Crippen molar-refractivity contribution in [2.75, 3.05) is 25.4 Å². The molecule has 1 aromatic rings. The lowest BCUT2D eigenvalue weighted by molar-refractivity contribution is 0.297. The molecule has 0 saturated carbocycles. The van der Waals surface area contributed by atoms with Crippen molar-refractivity contribution < 1.29 is 26.4 Å². The topological polar surface area (TPSA) is 97.8 Å². The first-order valence-corrected chi connectivity index (χ1v) is 10.3. The normalized spacial score (nSPS) is 16.9. The Hall–Kier alpha value is -1.45. The lowest BCUT2D eigenvalue weighted by atomic mass is 10.2. The minimum absolute atomic E-state index is 0.00964. The number of piperidine rings is 1. The molecule has 1 aliphatic rings. The Morgan fingerprint density at radius 1 is 0.957 bits per heavy atom. The fourth-order valence-electron chi connectivity index (χ4n) is 2.38. The zero-order valence-corrected chi connectivity index (χ0v) is 14.1. The fourth-order valence-corrected chi connectivity index (χ4v) is 4.99. The molecule has 1 saturated heterocycles. The Morgan fingerprint density at radius 2 is 1.52 bits per heavy atom. The van der Waals surface area contributed by atoms with Crippen molar-refractivity contribution in [1.29, 1.82) is 0 Å². The Bertz CT molecular complexity index is 734. The van der Waals surface area contributed by atoms with Gasteiger partial charge in [0.05, 0.1) is 15.5 Å². The number of benzene rings is 1. The molecule has 1 aromatic carbocycles. The summed E-state index contributed by atoms with van der Waals surface area (Å²) in [6, 6.07) is 5.11. The average Bonchev–Trinajstić information content (AvgIpc) is 2.56. The van der Waals surface area contributed by atoms with Crippen molar-refractivity contribution in [2.24, 2.45) is 0 Å². The maximum absolute atomic E-state index is 12.5. The lowest BCUT2D eigenvalue weighted by Gasteiger charge is -2.25. The van der Waals surface area contributed by atoms with Crippen molar-refractivity contribution >= 4 is 26.3 Å². The number of hydrogen-bond acceptors (Lipinski definition) is 6. The van der Waals surface area contributed by atoms with E-state index in [0.29, 0.717) is 13.1 Å². The van der Waals surface area contributed by atoms with E-state index in [4.69, 9.17) is 0 Å². The number of sulfonamides is 1. The van der Waals surface area contributed by atoms with Crippen LogP contribution >= 0.6 is 0 Å². The van der Waals surface area contributed by atoms with Crippen molar-refractivity contribution in [2.45, 2.75) is 29.1 Å². The first kappa shape index (κ1) is 17.9. The maximum Gasteiger partial charge on any atom is 0.417 e. The van der Waals surface area contributed by atoms with Gasteiger partial charge in [-0.05, 0) is 37.1 Å². The van der Waals surface area contributed by atoms with Crippen LogP contribution in [0.15, 0.2) is 34.1 Å². The first-order chi connectivity index (χ1) is 10.9. The molecule has 0 amide bonds. The second kappa shape index (κ2) is 7.41. The molecule has 1 aliphatic heterocycles. The minimum atomic E-state index is -3.63. The number of nitrogens with zero attached hydrogens (tertiary/aromatic N) is 1. The van der Waals surface area contributed by atoms with E-state index in [1.807, 2.05) is 0 Å². The highest BCUT2D eigenvalue weighted by atomic mass is 32.2. The zero-order valence-electron chi connectivity index (χ0n) is 12.5. The minimum Gasteiger partial charge on any atom is -0.456 e. The van der Waals surface area contributed by atoms with Gasteiger partial charge in [-0.3, -0.25) is 0 Å². The molecule has 7 nitrogen and oxygen atoms in total. The summed E-state index contributed by atoms with van der Waals surface area (Å²) in [6.45, 7) is 1.84. The number of hydrogen-bond donors (Lipinski definition) is 0. The highest BCUT2D eigenvalue weighted by Gasteiger charge is 2.26. The molecule has 2 rings (SSSR count). The van der Waals surface area contributed by atoms with E-state index in [2.05, 4.69) is 4.74 Å². The molecule has 127 valence electrons. The summed E-state index contributed by atoms with van der Waals surface area (Å²) in [7, 11) is -7.21. The number of ether oxygens (including phenoxy) is 1. The van der Waals surface area contributed by atoms with Crippen molar-refractivity contribution in [3.63, 3.8) is 0 Å². The lowest BCUT2D eigenvalue weighted by Crippen LogP contribution is -2.35. The van der Waals surface area contributed by atoms with E-state index in [-0.39, 0.29) is 22.2 Å². The van der Waals surface area contributed by atoms with Gasteiger partial charge in [0.25, 0.3) is 0 Å². The van der Waals surface area contributed by atoms with Crippen LogP contribution in [0, 0.1) is 0 Å². The summed E-state index contributed by atoms with van der Waals surface area (Å²) in [5.74, 6) is -0.375. The predicted molar refractivity (Wildman–Crippen MR) is 82.8 cm³/mol. The molecule has 0 aliphatic carbocycles. The van der Waals surface area contributed by atoms with Gasteiger partial charge in [0.15, 0.2) is 9.84 Å². The van der Waals surface area contributed by atoms with Gasteiger partial charge in [0.2, 0.25) is 10.0 Å². The highest BCUT2D eigenvalue weighted by Crippen LogP contribution is 2.22. The molecule has 0 N–H and O–H groups in total. The number of carbonyl (C=O) groups excluding carboxylic acids is 1. The Labute approximate surface area is 136 Å². The van der Waals surface area contributed by atoms with Crippen molar-refractivity contribution in [1.82, 2.24) is 4.31 Å². The molecular weight excluding hydrogens is 342 g/mol.